The van der Waals surface area contributed by atoms with Gasteiger partial charge in [-0.25, -0.2) is 15.0 Å². The van der Waals surface area contributed by atoms with Crippen LogP contribution in [0, 0.1) is 11.3 Å². The zero-order chi connectivity index (χ0) is 22.8. The molecule has 4 unspecified atom stereocenters. The normalized spacial score (nSPS) is 27.4. The van der Waals surface area contributed by atoms with Crippen LogP contribution in [-0.2, 0) is 6.18 Å². The van der Waals surface area contributed by atoms with Crippen molar-refractivity contribution >= 4 is 5.91 Å². The van der Waals surface area contributed by atoms with Crippen molar-refractivity contribution in [3.05, 3.63) is 72.2 Å². The Bertz CT molecular complexity index is 1220. The number of benzene rings is 1. The van der Waals surface area contributed by atoms with E-state index in [0.29, 0.717) is 29.4 Å². The predicted octanol–water partition coefficient (Wildman–Crippen LogP) is 4.24. The van der Waals surface area contributed by atoms with Crippen LogP contribution < -0.4 is 4.74 Å². The van der Waals surface area contributed by atoms with Crippen molar-refractivity contribution in [3.63, 3.8) is 0 Å². The van der Waals surface area contributed by atoms with E-state index in [1.54, 1.807) is 24.5 Å². The van der Waals surface area contributed by atoms with Gasteiger partial charge in [-0.2, -0.15) is 13.2 Å². The number of piperidine rings is 1. The van der Waals surface area contributed by atoms with Gasteiger partial charge in [0.15, 0.2) is 5.82 Å². The lowest BCUT2D eigenvalue weighted by Crippen LogP contribution is -2.59. The van der Waals surface area contributed by atoms with E-state index in [1.165, 1.54) is 6.07 Å². The molecule has 2 aliphatic carbocycles. The van der Waals surface area contributed by atoms with Gasteiger partial charge in [-0.15, -0.1) is 0 Å². The lowest BCUT2D eigenvalue weighted by Gasteiger charge is -2.47. The Kier molecular flexibility index (Phi) is 4.27. The lowest BCUT2D eigenvalue weighted by atomic mass is 9.73. The van der Waals surface area contributed by atoms with E-state index in [9.17, 15) is 18.0 Å². The van der Waals surface area contributed by atoms with Gasteiger partial charge in [-0.1, -0.05) is 18.2 Å². The van der Waals surface area contributed by atoms with Crippen molar-refractivity contribution in [1.82, 2.24) is 19.9 Å². The number of ether oxygens (including phenoxy) is 1. The number of halogens is 3. The lowest BCUT2D eigenvalue weighted by molar-refractivity contribution is -0.137. The van der Waals surface area contributed by atoms with Crippen LogP contribution in [0.1, 0.15) is 28.8 Å². The van der Waals surface area contributed by atoms with Crippen molar-refractivity contribution in [2.24, 2.45) is 11.3 Å². The second kappa shape index (κ2) is 7.00. The molecule has 1 spiro atoms. The fourth-order valence-corrected chi connectivity index (χ4v) is 5.48. The van der Waals surface area contributed by atoms with E-state index < -0.39 is 11.7 Å². The van der Waals surface area contributed by atoms with Crippen molar-refractivity contribution in [2.45, 2.75) is 31.2 Å². The molecular weight excluding hydrogens is 433 g/mol. The number of carbonyl (C=O) groups excluding carboxylic acids is 1. The quantitative estimate of drug-likeness (QED) is 0.593. The SMILES string of the molecule is O=C(c1ccccc1-c1ncccn1)N1CC2CC23CC(Oc2ccc(C(F)(F)F)cn2)C13. The second-order valence-corrected chi connectivity index (χ2v) is 8.90. The summed E-state index contributed by atoms with van der Waals surface area (Å²) < 4.78 is 44.4. The smallest absolute Gasteiger partial charge is 0.417 e. The molecule has 1 saturated heterocycles. The molecule has 1 amide bonds. The molecule has 1 aliphatic heterocycles. The van der Waals surface area contributed by atoms with E-state index in [-0.39, 0.29) is 29.3 Å². The molecule has 6 rings (SSSR count). The maximum absolute atomic E-state index is 13.6. The molecular formula is C24H19F3N4O2. The van der Waals surface area contributed by atoms with Gasteiger partial charge >= 0.3 is 6.18 Å². The minimum absolute atomic E-state index is 0.0599. The third-order valence-electron chi connectivity index (χ3n) is 7.12. The van der Waals surface area contributed by atoms with Gasteiger partial charge < -0.3 is 9.64 Å². The van der Waals surface area contributed by atoms with E-state index in [0.717, 1.165) is 25.1 Å². The predicted molar refractivity (Wildman–Crippen MR) is 111 cm³/mol. The minimum atomic E-state index is -4.45. The van der Waals surface area contributed by atoms with Crippen LogP contribution in [-0.4, -0.2) is 44.4 Å². The molecule has 0 N–H and O–H groups in total. The largest absolute Gasteiger partial charge is 0.472 e. The van der Waals surface area contributed by atoms with Crippen molar-refractivity contribution in [1.29, 1.82) is 0 Å². The summed E-state index contributed by atoms with van der Waals surface area (Å²) in [5, 5.41) is 0. The number of rotatable bonds is 4. The number of pyridine rings is 1. The monoisotopic (exact) mass is 452 g/mol. The summed E-state index contributed by atoms with van der Waals surface area (Å²) in [6.45, 7) is 0.647. The van der Waals surface area contributed by atoms with Crippen LogP contribution >= 0.6 is 0 Å². The van der Waals surface area contributed by atoms with Crippen LogP contribution in [0.15, 0.2) is 61.1 Å². The molecule has 3 aromatic rings. The topological polar surface area (TPSA) is 68.2 Å². The van der Waals surface area contributed by atoms with Crippen molar-refractivity contribution < 1.29 is 22.7 Å². The van der Waals surface area contributed by atoms with Crippen molar-refractivity contribution in [2.75, 3.05) is 6.54 Å². The molecule has 33 heavy (non-hydrogen) atoms. The summed E-state index contributed by atoms with van der Waals surface area (Å²) in [5.74, 6) is 0.948. The molecule has 0 bridgehead atoms. The standard InChI is InChI=1S/C24H19F3N4O2/c25-24(26,27)14-6-7-19(30-12-14)33-18-11-23-10-15(23)13-31(20(18)23)22(32)17-5-2-1-4-16(17)21-28-8-3-9-29-21/h1-9,12,15,18,20H,10-11,13H2. The van der Waals surface area contributed by atoms with Crippen LogP contribution in [0.4, 0.5) is 13.2 Å². The first-order chi connectivity index (χ1) is 15.9. The highest BCUT2D eigenvalue weighted by molar-refractivity contribution is 6.00. The number of alkyl halides is 3. The molecule has 2 saturated carbocycles. The van der Waals surface area contributed by atoms with Crippen LogP contribution in [0.2, 0.25) is 0 Å². The molecule has 9 heteroatoms. The number of likely N-dealkylation sites (tertiary alicyclic amines) is 1. The summed E-state index contributed by atoms with van der Waals surface area (Å²) >= 11 is 0. The van der Waals surface area contributed by atoms with Crippen LogP contribution in [0.3, 0.4) is 0 Å². The Morgan fingerprint density at radius 1 is 1.03 bits per heavy atom. The fraction of sp³-hybridized carbons (Fsp3) is 0.333. The number of hydrogen-bond acceptors (Lipinski definition) is 5. The molecule has 3 heterocycles. The maximum Gasteiger partial charge on any atom is 0.417 e. The second-order valence-electron chi connectivity index (χ2n) is 8.90. The van der Waals surface area contributed by atoms with E-state index >= 15 is 0 Å². The first-order valence-corrected chi connectivity index (χ1v) is 10.7. The Hall–Kier alpha value is -3.49. The molecule has 168 valence electrons. The van der Waals surface area contributed by atoms with Gasteiger partial charge in [0, 0.05) is 42.2 Å². The summed E-state index contributed by atoms with van der Waals surface area (Å²) in [6, 6.07) is 11.1. The van der Waals surface area contributed by atoms with Crippen LogP contribution in [0.5, 0.6) is 5.88 Å². The molecule has 1 aromatic carbocycles. The van der Waals surface area contributed by atoms with E-state index in [2.05, 4.69) is 15.0 Å². The molecule has 3 fully saturated rings. The Morgan fingerprint density at radius 2 is 1.82 bits per heavy atom. The average molecular weight is 452 g/mol. The maximum atomic E-state index is 13.6. The molecule has 0 radical (unpaired) electrons. The highest BCUT2D eigenvalue weighted by Gasteiger charge is 2.76. The van der Waals surface area contributed by atoms with Gasteiger partial charge in [0.25, 0.3) is 5.91 Å². The molecule has 3 aliphatic rings. The summed E-state index contributed by atoms with van der Waals surface area (Å²) in [5.41, 5.74) is 0.432. The van der Waals surface area contributed by atoms with Crippen LogP contribution in [0.25, 0.3) is 11.4 Å². The van der Waals surface area contributed by atoms with E-state index in [4.69, 9.17) is 4.74 Å². The first-order valence-electron chi connectivity index (χ1n) is 10.7. The third-order valence-corrected chi connectivity index (χ3v) is 7.12. The zero-order valence-electron chi connectivity index (χ0n) is 17.4. The van der Waals surface area contributed by atoms with Crippen molar-refractivity contribution in [3.8, 4) is 17.3 Å². The molecule has 4 atom stereocenters. The average Bonchev–Trinajstić information content (AvgIpc) is 3.47. The van der Waals surface area contributed by atoms with Gasteiger partial charge in [-0.05, 0) is 37.0 Å². The van der Waals surface area contributed by atoms with Gasteiger partial charge in [0.2, 0.25) is 5.88 Å². The number of nitrogens with zero attached hydrogens (tertiary/aromatic N) is 4. The Labute approximate surface area is 187 Å². The van der Waals surface area contributed by atoms with E-state index in [1.807, 2.05) is 23.1 Å². The highest BCUT2D eigenvalue weighted by atomic mass is 19.4. The summed E-state index contributed by atoms with van der Waals surface area (Å²) in [7, 11) is 0. The minimum Gasteiger partial charge on any atom is -0.472 e. The van der Waals surface area contributed by atoms with Gasteiger partial charge in [0.05, 0.1) is 17.2 Å². The van der Waals surface area contributed by atoms with Gasteiger partial charge in [0.1, 0.15) is 6.10 Å². The first kappa shape index (κ1) is 20.1. The number of hydrogen-bond donors (Lipinski definition) is 0. The number of aromatic nitrogens is 3. The molecule has 6 nitrogen and oxygen atoms in total. The Morgan fingerprint density at radius 3 is 2.55 bits per heavy atom. The zero-order valence-corrected chi connectivity index (χ0v) is 17.4. The fourth-order valence-electron chi connectivity index (χ4n) is 5.48. The molecule has 2 aromatic heterocycles. The highest BCUT2D eigenvalue weighted by Crippen LogP contribution is 2.71. The number of carbonyl (C=O) groups is 1. The third kappa shape index (κ3) is 3.17. The number of amides is 1. The summed E-state index contributed by atoms with van der Waals surface area (Å²) in [6.07, 6.45) is 1.12. The summed E-state index contributed by atoms with van der Waals surface area (Å²) in [4.78, 5) is 27.9. The Balaban J connectivity index is 1.25. The van der Waals surface area contributed by atoms with Gasteiger partial charge in [-0.3, -0.25) is 4.79 Å².